The number of methoxy groups -OCH3 is 1. The van der Waals surface area contributed by atoms with E-state index in [1.165, 1.54) is 0 Å². The van der Waals surface area contributed by atoms with Crippen LogP contribution in [0.2, 0.25) is 0 Å². The molecule has 2 aromatic carbocycles. The van der Waals surface area contributed by atoms with Crippen molar-refractivity contribution in [1.82, 2.24) is 19.8 Å². The molecule has 1 aromatic heterocycles. The van der Waals surface area contributed by atoms with Crippen LogP contribution in [0, 0.1) is 0 Å². The highest BCUT2D eigenvalue weighted by Gasteiger charge is 2.38. The molecule has 3 aromatic rings. The monoisotopic (exact) mass is 508 g/mol. The molecule has 0 aliphatic carbocycles. The number of hydrogen-bond acceptors (Lipinski definition) is 5. The van der Waals surface area contributed by atoms with Gasteiger partial charge in [-0.15, -0.1) is 0 Å². The van der Waals surface area contributed by atoms with Gasteiger partial charge in [-0.05, 0) is 43.2 Å². The lowest BCUT2D eigenvalue weighted by molar-refractivity contribution is -0.192. The van der Waals surface area contributed by atoms with Crippen LogP contribution in [0.15, 0.2) is 53.3 Å². The Morgan fingerprint density at radius 2 is 1.81 bits per heavy atom. The normalized spacial score (nSPS) is 14.7. The van der Waals surface area contributed by atoms with Crippen LogP contribution in [-0.4, -0.2) is 70.9 Å². The number of halogens is 3. The lowest BCUT2D eigenvalue weighted by Gasteiger charge is -2.32. The molecule has 0 unspecified atom stereocenters. The second-order valence-corrected chi connectivity index (χ2v) is 8.18. The molecular formula is C24H27F3N4O5. The van der Waals surface area contributed by atoms with E-state index in [0.717, 1.165) is 43.5 Å². The molecule has 1 saturated heterocycles. The lowest BCUT2D eigenvalue weighted by atomic mass is 10.0. The van der Waals surface area contributed by atoms with Gasteiger partial charge in [-0.1, -0.05) is 18.2 Å². The zero-order valence-electron chi connectivity index (χ0n) is 19.5. The second kappa shape index (κ2) is 11.8. The fourth-order valence-electron chi connectivity index (χ4n) is 4.03. The summed E-state index contributed by atoms with van der Waals surface area (Å²) in [7, 11) is 1.59. The number of carbonyl (C=O) groups excluding carboxylic acids is 1. The molecule has 12 heteroatoms. The number of nitrogens with one attached hydrogen (secondary N) is 2. The zero-order chi connectivity index (χ0) is 26.3. The average molecular weight is 508 g/mol. The number of aromatic nitrogens is 2. The van der Waals surface area contributed by atoms with Gasteiger partial charge in [0.25, 0.3) is 5.91 Å². The maximum atomic E-state index is 12.4. The molecule has 4 rings (SSSR count). The Labute approximate surface area is 204 Å². The standard InChI is InChI=1S/C22H26N4O3.C2HF3O2/c1-29-18-6-4-5-16(15-18)21(27)23-11-14-25-12-9-17(10-13-25)26-20-8-3-2-7-19(20)24-22(26)28;3-2(4,5)1(6)7/h2-8,15,17H,9-14H2,1H3,(H,23,27)(H,24,28);(H,6,7). The van der Waals surface area contributed by atoms with Gasteiger partial charge in [0.05, 0.1) is 18.1 Å². The number of hydrogen-bond donors (Lipinski definition) is 3. The van der Waals surface area contributed by atoms with E-state index in [-0.39, 0.29) is 17.6 Å². The number of likely N-dealkylation sites (tertiary alicyclic amines) is 1. The van der Waals surface area contributed by atoms with Crippen molar-refractivity contribution < 1.29 is 32.6 Å². The minimum atomic E-state index is -5.08. The van der Waals surface area contributed by atoms with Crippen LogP contribution in [0.25, 0.3) is 11.0 Å². The summed E-state index contributed by atoms with van der Waals surface area (Å²) in [6.45, 7) is 3.20. The first-order valence-electron chi connectivity index (χ1n) is 11.2. The number of para-hydroxylation sites is 2. The number of rotatable bonds is 6. The van der Waals surface area contributed by atoms with Crippen LogP contribution in [0.1, 0.15) is 29.2 Å². The number of imidazole rings is 1. The molecular weight excluding hydrogens is 481 g/mol. The summed E-state index contributed by atoms with van der Waals surface area (Å²) in [5.74, 6) is -2.18. The van der Waals surface area contributed by atoms with Crippen LogP contribution in [-0.2, 0) is 4.79 Å². The van der Waals surface area contributed by atoms with Crippen molar-refractivity contribution in [2.75, 3.05) is 33.3 Å². The molecule has 1 aliphatic rings. The van der Waals surface area contributed by atoms with Gasteiger partial charge in [-0.2, -0.15) is 13.2 Å². The van der Waals surface area contributed by atoms with Crippen molar-refractivity contribution in [1.29, 1.82) is 0 Å². The molecule has 0 atom stereocenters. The Balaban J connectivity index is 0.000000454. The number of aromatic amines is 1. The largest absolute Gasteiger partial charge is 0.497 e. The summed E-state index contributed by atoms with van der Waals surface area (Å²) in [5, 5.41) is 10.1. The van der Waals surface area contributed by atoms with Crippen LogP contribution in [0.5, 0.6) is 5.75 Å². The number of alkyl halides is 3. The Kier molecular flexibility index (Phi) is 8.75. The minimum absolute atomic E-state index is 0.0322. The van der Waals surface area contributed by atoms with Crippen LogP contribution in [0.4, 0.5) is 13.2 Å². The maximum absolute atomic E-state index is 12.4. The van der Waals surface area contributed by atoms with Gasteiger partial charge in [-0.25, -0.2) is 9.59 Å². The van der Waals surface area contributed by atoms with Crippen LogP contribution < -0.4 is 15.7 Å². The summed E-state index contributed by atoms with van der Waals surface area (Å²) in [4.78, 5) is 38.9. The van der Waals surface area contributed by atoms with Gasteiger partial charge >= 0.3 is 17.8 Å². The van der Waals surface area contributed by atoms with Gasteiger partial charge in [-0.3, -0.25) is 9.36 Å². The van der Waals surface area contributed by atoms with Crippen molar-refractivity contribution in [2.24, 2.45) is 0 Å². The van der Waals surface area contributed by atoms with Crippen molar-refractivity contribution in [2.45, 2.75) is 25.1 Å². The SMILES string of the molecule is COc1cccc(C(=O)NCCN2CCC(n3c(=O)[nH]c4ccccc43)CC2)c1.O=C(O)C(F)(F)F. The number of carboxylic acids is 1. The van der Waals surface area contributed by atoms with Crippen LogP contribution >= 0.6 is 0 Å². The quantitative estimate of drug-likeness (QED) is 0.471. The van der Waals surface area contributed by atoms with Crippen molar-refractivity contribution in [3.63, 3.8) is 0 Å². The summed E-state index contributed by atoms with van der Waals surface area (Å²) < 4.78 is 38.8. The third-order valence-corrected chi connectivity index (χ3v) is 5.83. The number of H-pyrrole nitrogens is 1. The second-order valence-electron chi connectivity index (χ2n) is 8.18. The molecule has 0 saturated carbocycles. The fraction of sp³-hybridized carbons (Fsp3) is 0.375. The van der Waals surface area contributed by atoms with E-state index in [2.05, 4.69) is 15.2 Å². The zero-order valence-corrected chi connectivity index (χ0v) is 19.5. The number of amides is 1. The fourth-order valence-corrected chi connectivity index (χ4v) is 4.03. The highest BCUT2D eigenvalue weighted by molar-refractivity contribution is 5.94. The topological polar surface area (TPSA) is 117 Å². The number of ether oxygens (including phenoxy) is 1. The third-order valence-electron chi connectivity index (χ3n) is 5.83. The van der Waals surface area contributed by atoms with E-state index in [0.29, 0.717) is 17.9 Å². The Hall–Kier alpha value is -3.80. The summed E-state index contributed by atoms with van der Waals surface area (Å²) >= 11 is 0. The van der Waals surface area contributed by atoms with Gasteiger partial charge in [0, 0.05) is 37.8 Å². The minimum Gasteiger partial charge on any atom is -0.497 e. The molecule has 1 fully saturated rings. The number of piperidine rings is 1. The molecule has 36 heavy (non-hydrogen) atoms. The lowest BCUT2D eigenvalue weighted by Crippen LogP contribution is -2.41. The smallest absolute Gasteiger partial charge is 0.490 e. The number of nitrogens with zero attached hydrogens (tertiary/aromatic N) is 2. The van der Waals surface area contributed by atoms with Gasteiger partial charge < -0.3 is 25.0 Å². The molecule has 0 radical (unpaired) electrons. The Morgan fingerprint density at radius 1 is 1.14 bits per heavy atom. The van der Waals surface area contributed by atoms with Crippen LogP contribution in [0.3, 0.4) is 0 Å². The first-order valence-corrected chi connectivity index (χ1v) is 11.2. The molecule has 9 nitrogen and oxygen atoms in total. The summed E-state index contributed by atoms with van der Waals surface area (Å²) in [6, 6.07) is 15.2. The molecule has 194 valence electrons. The predicted molar refractivity (Wildman–Crippen MR) is 126 cm³/mol. The average Bonchev–Trinajstić information content (AvgIpc) is 3.20. The number of carbonyl (C=O) groups is 2. The third kappa shape index (κ3) is 6.87. The molecule has 2 heterocycles. The highest BCUT2D eigenvalue weighted by Crippen LogP contribution is 2.24. The Morgan fingerprint density at radius 3 is 2.44 bits per heavy atom. The van der Waals surface area contributed by atoms with E-state index >= 15 is 0 Å². The van der Waals surface area contributed by atoms with Gasteiger partial charge in [0.15, 0.2) is 0 Å². The Bertz CT molecular complexity index is 1250. The van der Waals surface area contributed by atoms with Crippen molar-refractivity contribution in [3.05, 3.63) is 64.6 Å². The van der Waals surface area contributed by atoms with E-state index in [1.807, 2.05) is 41.0 Å². The first kappa shape index (κ1) is 26.8. The van der Waals surface area contributed by atoms with Crippen molar-refractivity contribution in [3.8, 4) is 5.75 Å². The van der Waals surface area contributed by atoms with Gasteiger partial charge in [0.1, 0.15) is 5.75 Å². The maximum Gasteiger partial charge on any atom is 0.490 e. The van der Waals surface area contributed by atoms with E-state index in [4.69, 9.17) is 14.6 Å². The molecule has 1 amide bonds. The van der Waals surface area contributed by atoms with E-state index < -0.39 is 12.1 Å². The number of benzene rings is 2. The predicted octanol–water partition coefficient (Wildman–Crippen LogP) is 3.04. The molecule has 0 spiro atoms. The molecule has 0 bridgehead atoms. The summed E-state index contributed by atoms with van der Waals surface area (Å²) in [5.41, 5.74) is 2.43. The van der Waals surface area contributed by atoms with E-state index in [1.54, 1.807) is 19.2 Å². The van der Waals surface area contributed by atoms with Crippen molar-refractivity contribution >= 4 is 22.9 Å². The number of aliphatic carboxylic acids is 1. The number of fused-ring (bicyclic) bond motifs is 1. The first-order chi connectivity index (χ1) is 17.1. The van der Waals surface area contributed by atoms with E-state index in [9.17, 15) is 22.8 Å². The molecule has 3 N–H and O–H groups in total. The highest BCUT2D eigenvalue weighted by atomic mass is 19.4. The van der Waals surface area contributed by atoms with Gasteiger partial charge in [0.2, 0.25) is 0 Å². The summed E-state index contributed by atoms with van der Waals surface area (Å²) in [6.07, 6.45) is -3.24. The number of carboxylic acid groups (broad SMARTS) is 1. The molecule has 1 aliphatic heterocycles.